The highest BCUT2D eigenvalue weighted by Gasteiger charge is 2.39. The molecule has 0 saturated carbocycles. The Bertz CT molecular complexity index is 1270. The number of carbonyl (C=O) groups is 2. The average molecular weight is 489 g/mol. The molecule has 1 N–H and O–H groups in total. The Morgan fingerprint density at radius 3 is 2.56 bits per heavy atom. The van der Waals surface area contributed by atoms with Crippen molar-refractivity contribution < 1.29 is 9.59 Å². The fourth-order valence-corrected chi connectivity index (χ4v) is 6.03. The number of thioether (sulfide) groups is 1. The zero-order chi connectivity index (χ0) is 23.7. The Balaban J connectivity index is 1.32. The van der Waals surface area contributed by atoms with Crippen LogP contribution in [0.4, 0.5) is 5.69 Å². The van der Waals surface area contributed by atoms with E-state index in [0.717, 1.165) is 39.4 Å². The molecule has 2 aliphatic heterocycles. The van der Waals surface area contributed by atoms with E-state index in [0.29, 0.717) is 5.17 Å². The van der Waals surface area contributed by atoms with Crippen LogP contribution in [0.2, 0.25) is 0 Å². The Hall–Kier alpha value is -3.23. The van der Waals surface area contributed by atoms with Gasteiger partial charge in [-0.05, 0) is 54.1 Å². The van der Waals surface area contributed by atoms with Crippen LogP contribution in [0.1, 0.15) is 40.5 Å². The minimum atomic E-state index is -0.557. The van der Waals surface area contributed by atoms with E-state index in [4.69, 9.17) is 5.10 Å². The molecule has 0 unspecified atom stereocenters. The molecule has 8 heteroatoms. The Labute approximate surface area is 206 Å². The summed E-state index contributed by atoms with van der Waals surface area (Å²) in [5, 5.41) is 11.7. The number of aliphatic imine (C=N–C) groups is 1. The molecule has 2 aromatic carbocycles. The minimum Gasteiger partial charge on any atom is -0.326 e. The Kier molecular flexibility index (Phi) is 6.34. The number of anilines is 1. The van der Waals surface area contributed by atoms with Gasteiger partial charge >= 0.3 is 0 Å². The molecule has 0 fully saturated rings. The summed E-state index contributed by atoms with van der Waals surface area (Å²) in [7, 11) is 0. The second-order valence-corrected chi connectivity index (χ2v) is 10.6. The highest BCUT2D eigenvalue weighted by molar-refractivity contribution is 8.15. The smallest absolute Gasteiger partial charge is 0.262 e. The van der Waals surface area contributed by atoms with Crippen molar-refractivity contribution in [3.05, 3.63) is 87.6 Å². The van der Waals surface area contributed by atoms with E-state index in [1.165, 1.54) is 11.8 Å². The molecule has 6 nitrogen and oxygen atoms in total. The number of nitrogens with zero attached hydrogens (tertiary/aromatic N) is 3. The highest BCUT2D eigenvalue weighted by atomic mass is 32.2. The van der Waals surface area contributed by atoms with Crippen molar-refractivity contribution in [3.63, 3.8) is 0 Å². The van der Waals surface area contributed by atoms with E-state index < -0.39 is 5.25 Å². The molecular formula is C26H24N4O2S2. The largest absolute Gasteiger partial charge is 0.326 e. The third-order valence-corrected chi connectivity index (χ3v) is 7.76. The monoisotopic (exact) mass is 488 g/mol. The van der Waals surface area contributed by atoms with E-state index in [1.54, 1.807) is 11.3 Å². The standard InChI is InChI=1S/C26H24N4O2S2/c1-16-11-17(2)13-19(12-16)27-24(31)15-23-25(32)28-26(34-23)30-21(18-7-4-3-5-8-18)14-20(29-30)22-9-6-10-33-22/h3-13,21,23H,14-15H2,1-2H3,(H,27,31)/t21-,23-/m0/s1. The van der Waals surface area contributed by atoms with Gasteiger partial charge in [-0.2, -0.15) is 10.1 Å². The third kappa shape index (κ3) is 4.83. The summed E-state index contributed by atoms with van der Waals surface area (Å²) in [4.78, 5) is 30.8. The quantitative estimate of drug-likeness (QED) is 0.512. The van der Waals surface area contributed by atoms with Crippen LogP contribution in [0, 0.1) is 13.8 Å². The van der Waals surface area contributed by atoms with Gasteiger partial charge in [0.25, 0.3) is 5.91 Å². The van der Waals surface area contributed by atoms with Crippen LogP contribution in [0.5, 0.6) is 0 Å². The molecule has 3 aromatic rings. The Morgan fingerprint density at radius 1 is 1.09 bits per heavy atom. The molecule has 3 heterocycles. The first kappa shape index (κ1) is 22.6. The maximum Gasteiger partial charge on any atom is 0.262 e. The second-order valence-electron chi connectivity index (χ2n) is 8.47. The predicted molar refractivity (Wildman–Crippen MR) is 139 cm³/mol. The molecule has 0 aliphatic carbocycles. The van der Waals surface area contributed by atoms with Crippen molar-refractivity contribution in [1.82, 2.24) is 5.01 Å². The van der Waals surface area contributed by atoms with Gasteiger partial charge < -0.3 is 5.32 Å². The topological polar surface area (TPSA) is 74.1 Å². The molecule has 2 aliphatic rings. The summed E-state index contributed by atoms with van der Waals surface area (Å²) >= 11 is 2.97. The van der Waals surface area contributed by atoms with E-state index in [1.807, 2.05) is 60.6 Å². The number of amides is 2. The lowest BCUT2D eigenvalue weighted by Gasteiger charge is -2.23. The molecule has 1 aromatic heterocycles. The van der Waals surface area contributed by atoms with Crippen molar-refractivity contribution in [3.8, 4) is 0 Å². The van der Waals surface area contributed by atoms with Gasteiger partial charge in [0.15, 0.2) is 5.17 Å². The number of nitrogens with one attached hydrogen (secondary N) is 1. The SMILES string of the molecule is Cc1cc(C)cc(NC(=O)C[C@@H]2SC(N3N=C(c4cccs4)C[C@H]3c3ccccc3)=NC2=O)c1. The van der Waals surface area contributed by atoms with Crippen molar-refractivity contribution in [1.29, 1.82) is 0 Å². The molecule has 0 radical (unpaired) electrons. The first-order chi connectivity index (χ1) is 16.5. The fraction of sp³-hybridized carbons (Fsp3) is 0.231. The molecule has 5 rings (SSSR count). The maximum atomic E-state index is 12.7. The van der Waals surface area contributed by atoms with Gasteiger partial charge in [-0.1, -0.05) is 54.2 Å². The number of thiophene rings is 1. The molecule has 0 spiro atoms. The summed E-state index contributed by atoms with van der Waals surface area (Å²) in [5.41, 5.74) is 4.99. The van der Waals surface area contributed by atoms with Crippen LogP contribution >= 0.6 is 23.1 Å². The third-order valence-electron chi connectivity index (χ3n) is 5.70. The second kappa shape index (κ2) is 9.56. The van der Waals surface area contributed by atoms with Crippen LogP contribution < -0.4 is 5.32 Å². The van der Waals surface area contributed by atoms with E-state index in [2.05, 4.69) is 34.6 Å². The highest BCUT2D eigenvalue weighted by Crippen LogP contribution is 2.39. The van der Waals surface area contributed by atoms with Crippen LogP contribution in [-0.4, -0.2) is 33.0 Å². The van der Waals surface area contributed by atoms with Gasteiger partial charge in [0.05, 0.1) is 16.6 Å². The van der Waals surface area contributed by atoms with Crippen LogP contribution in [0.25, 0.3) is 0 Å². The molecule has 2 atom stereocenters. The van der Waals surface area contributed by atoms with E-state index in [-0.39, 0.29) is 24.3 Å². The number of rotatable bonds is 5. The van der Waals surface area contributed by atoms with Crippen molar-refractivity contribution >= 4 is 51.5 Å². The number of hydrogen-bond acceptors (Lipinski definition) is 6. The average Bonchev–Trinajstić information content (AvgIpc) is 3.54. The van der Waals surface area contributed by atoms with Gasteiger partial charge in [0, 0.05) is 18.5 Å². The first-order valence-corrected chi connectivity index (χ1v) is 12.8. The van der Waals surface area contributed by atoms with Crippen molar-refractivity contribution in [2.45, 2.75) is 38.0 Å². The molecule has 172 valence electrons. The molecule has 2 amide bonds. The zero-order valence-corrected chi connectivity index (χ0v) is 20.5. The number of benzene rings is 2. The van der Waals surface area contributed by atoms with Gasteiger partial charge in [-0.3, -0.25) is 9.59 Å². The summed E-state index contributed by atoms with van der Waals surface area (Å²) in [6, 6.07) is 20.1. The maximum absolute atomic E-state index is 12.7. The number of hydrazone groups is 1. The lowest BCUT2D eigenvalue weighted by atomic mass is 10.0. The fourth-order valence-electron chi connectivity index (χ4n) is 4.24. The zero-order valence-electron chi connectivity index (χ0n) is 18.9. The summed E-state index contributed by atoms with van der Waals surface area (Å²) < 4.78 is 0. The summed E-state index contributed by atoms with van der Waals surface area (Å²) in [6.45, 7) is 3.98. The van der Waals surface area contributed by atoms with E-state index in [9.17, 15) is 9.59 Å². The lowest BCUT2D eigenvalue weighted by Crippen LogP contribution is -2.25. The van der Waals surface area contributed by atoms with Crippen LogP contribution in [0.3, 0.4) is 0 Å². The minimum absolute atomic E-state index is 0.0415. The lowest BCUT2D eigenvalue weighted by molar-refractivity contribution is -0.121. The van der Waals surface area contributed by atoms with Crippen LogP contribution in [0.15, 0.2) is 76.1 Å². The van der Waals surface area contributed by atoms with E-state index >= 15 is 0 Å². The normalized spacial score (nSPS) is 19.8. The molecule has 0 saturated heterocycles. The number of amidine groups is 1. The number of aryl methyl sites for hydroxylation is 2. The molecule has 34 heavy (non-hydrogen) atoms. The van der Waals surface area contributed by atoms with Gasteiger partial charge in [-0.15, -0.1) is 11.3 Å². The van der Waals surface area contributed by atoms with Gasteiger partial charge in [0.2, 0.25) is 5.91 Å². The van der Waals surface area contributed by atoms with Crippen molar-refractivity contribution in [2.75, 3.05) is 5.32 Å². The van der Waals surface area contributed by atoms with Crippen LogP contribution in [-0.2, 0) is 9.59 Å². The molecular weight excluding hydrogens is 464 g/mol. The Morgan fingerprint density at radius 2 is 1.85 bits per heavy atom. The van der Waals surface area contributed by atoms with Gasteiger partial charge in [-0.25, -0.2) is 5.01 Å². The molecule has 0 bridgehead atoms. The number of hydrogen-bond donors (Lipinski definition) is 1. The number of carbonyl (C=O) groups excluding carboxylic acids is 2. The summed E-state index contributed by atoms with van der Waals surface area (Å²) in [6.07, 6.45) is 0.797. The van der Waals surface area contributed by atoms with Crippen molar-refractivity contribution in [2.24, 2.45) is 10.1 Å². The first-order valence-electron chi connectivity index (χ1n) is 11.1. The predicted octanol–water partition coefficient (Wildman–Crippen LogP) is 5.54. The summed E-state index contributed by atoms with van der Waals surface area (Å²) in [5.74, 6) is -0.488. The van der Waals surface area contributed by atoms with Gasteiger partial charge in [0.1, 0.15) is 5.25 Å².